The number of sulfonamides is 1. The molecular weight excluding hydrogens is 386 g/mol. The largest absolute Gasteiger partial charge is 0.271 e. The highest BCUT2D eigenvalue weighted by atomic mass is 32.2. The minimum absolute atomic E-state index is 0.0470. The van der Waals surface area contributed by atoms with E-state index in [-0.39, 0.29) is 17.1 Å². The molecule has 0 aliphatic heterocycles. The van der Waals surface area contributed by atoms with Crippen molar-refractivity contribution < 1.29 is 13.3 Å². The lowest BCUT2D eigenvalue weighted by molar-refractivity contribution is -0.385. The molecule has 0 atom stereocenters. The highest BCUT2D eigenvalue weighted by Crippen LogP contribution is 2.25. The van der Waals surface area contributed by atoms with Crippen LogP contribution in [0.3, 0.4) is 0 Å². The fourth-order valence-electron chi connectivity index (χ4n) is 2.74. The molecule has 0 spiro atoms. The lowest BCUT2D eigenvalue weighted by atomic mass is 10.1. The minimum atomic E-state index is -3.82. The molecule has 0 radical (unpaired) electrons. The standard InChI is InChI=1S/C18H19N3O4S2/c1-12-10-14(21(22)23)11-17(13(12)2)27(24,25)19-9-5-8-18-20-15-6-3-4-7-16(15)26-18/h3-4,6-7,10-11,19H,5,8-9H2,1-2H3. The van der Waals surface area contributed by atoms with Gasteiger partial charge in [-0.25, -0.2) is 18.1 Å². The molecule has 142 valence electrons. The van der Waals surface area contributed by atoms with Crippen LogP contribution in [0.4, 0.5) is 5.69 Å². The number of non-ortho nitro benzene ring substituents is 1. The van der Waals surface area contributed by atoms with E-state index < -0.39 is 14.9 Å². The highest BCUT2D eigenvalue weighted by molar-refractivity contribution is 7.89. The minimum Gasteiger partial charge on any atom is -0.258 e. The summed E-state index contributed by atoms with van der Waals surface area (Å²) in [6, 6.07) is 10.3. The second-order valence-corrected chi connectivity index (χ2v) is 9.07. The van der Waals surface area contributed by atoms with Gasteiger partial charge in [0.1, 0.15) is 0 Å². The van der Waals surface area contributed by atoms with E-state index in [1.807, 2.05) is 24.3 Å². The van der Waals surface area contributed by atoms with Crippen LogP contribution in [0.2, 0.25) is 0 Å². The summed E-state index contributed by atoms with van der Waals surface area (Å²) in [5.74, 6) is 0. The molecule has 0 saturated heterocycles. The van der Waals surface area contributed by atoms with Gasteiger partial charge in [-0.2, -0.15) is 0 Å². The third-order valence-corrected chi connectivity index (χ3v) is 6.99. The maximum Gasteiger partial charge on any atom is 0.271 e. The quantitative estimate of drug-likeness (QED) is 0.366. The first kappa shape index (κ1) is 19.4. The highest BCUT2D eigenvalue weighted by Gasteiger charge is 2.22. The third-order valence-electron chi connectivity index (χ3n) is 4.30. The van der Waals surface area contributed by atoms with Crippen LogP contribution in [0, 0.1) is 24.0 Å². The number of nitrogens with zero attached hydrogens (tertiary/aromatic N) is 2. The number of hydrogen-bond acceptors (Lipinski definition) is 6. The number of thiazole rings is 1. The fourth-order valence-corrected chi connectivity index (χ4v) is 5.16. The van der Waals surface area contributed by atoms with Crippen molar-refractivity contribution in [3.63, 3.8) is 0 Å². The number of benzene rings is 2. The van der Waals surface area contributed by atoms with Crippen LogP contribution < -0.4 is 4.72 Å². The Morgan fingerprint density at radius 1 is 1.22 bits per heavy atom. The topological polar surface area (TPSA) is 102 Å². The maximum absolute atomic E-state index is 12.6. The van der Waals surface area contributed by atoms with Crippen LogP contribution in [0.15, 0.2) is 41.3 Å². The van der Waals surface area contributed by atoms with E-state index in [0.717, 1.165) is 21.3 Å². The lowest BCUT2D eigenvalue weighted by Crippen LogP contribution is -2.26. The summed E-state index contributed by atoms with van der Waals surface area (Å²) in [5.41, 5.74) is 1.80. The molecule has 0 amide bonds. The Labute approximate surface area is 161 Å². The van der Waals surface area contributed by atoms with E-state index in [9.17, 15) is 18.5 Å². The zero-order valence-electron chi connectivity index (χ0n) is 14.9. The molecule has 1 N–H and O–H groups in total. The van der Waals surface area contributed by atoms with Crippen LogP contribution in [0.5, 0.6) is 0 Å². The molecule has 0 aliphatic carbocycles. The van der Waals surface area contributed by atoms with Gasteiger partial charge in [-0.05, 0) is 43.5 Å². The Hall–Kier alpha value is -2.36. The van der Waals surface area contributed by atoms with Crippen LogP contribution in [-0.2, 0) is 16.4 Å². The molecule has 3 rings (SSSR count). The van der Waals surface area contributed by atoms with Crippen molar-refractivity contribution in [3.05, 3.63) is 62.6 Å². The molecule has 0 aliphatic rings. The van der Waals surface area contributed by atoms with Gasteiger partial charge in [-0.3, -0.25) is 10.1 Å². The van der Waals surface area contributed by atoms with Crippen molar-refractivity contribution in [3.8, 4) is 0 Å². The Morgan fingerprint density at radius 3 is 2.67 bits per heavy atom. The van der Waals surface area contributed by atoms with Gasteiger partial charge in [-0.15, -0.1) is 11.3 Å². The normalized spacial score (nSPS) is 11.8. The summed E-state index contributed by atoms with van der Waals surface area (Å²) >= 11 is 1.60. The number of aromatic nitrogens is 1. The first-order chi connectivity index (χ1) is 12.8. The van der Waals surface area contributed by atoms with Gasteiger partial charge in [0.05, 0.1) is 25.0 Å². The molecule has 27 heavy (non-hydrogen) atoms. The number of nitro groups is 1. The maximum atomic E-state index is 12.6. The Kier molecular flexibility index (Phi) is 5.54. The Balaban J connectivity index is 1.67. The Bertz CT molecular complexity index is 1070. The van der Waals surface area contributed by atoms with Gasteiger partial charge in [0, 0.05) is 25.1 Å². The van der Waals surface area contributed by atoms with Crippen LogP contribution in [0.1, 0.15) is 22.6 Å². The van der Waals surface area contributed by atoms with Crippen LogP contribution >= 0.6 is 11.3 Å². The Morgan fingerprint density at radius 2 is 1.96 bits per heavy atom. The summed E-state index contributed by atoms with van der Waals surface area (Å²) in [5, 5.41) is 12.0. The number of hydrogen-bond donors (Lipinski definition) is 1. The lowest BCUT2D eigenvalue weighted by Gasteiger charge is -2.11. The van der Waals surface area contributed by atoms with Gasteiger partial charge < -0.3 is 0 Å². The van der Waals surface area contributed by atoms with Gasteiger partial charge in [0.15, 0.2) is 0 Å². The third kappa shape index (κ3) is 4.32. The van der Waals surface area contributed by atoms with E-state index in [2.05, 4.69) is 9.71 Å². The molecule has 2 aromatic carbocycles. The van der Waals surface area contributed by atoms with E-state index in [1.165, 1.54) is 6.07 Å². The fraction of sp³-hybridized carbons (Fsp3) is 0.278. The average molecular weight is 406 g/mol. The predicted molar refractivity (Wildman–Crippen MR) is 106 cm³/mol. The number of nitrogens with one attached hydrogen (secondary N) is 1. The molecule has 0 bridgehead atoms. The average Bonchev–Trinajstić information content (AvgIpc) is 3.03. The molecule has 3 aromatic rings. The van der Waals surface area contributed by atoms with E-state index in [1.54, 1.807) is 25.2 Å². The molecule has 0 fully saturated rings. The molecule has 1 aromatic heterocycles. The summed E-state index contributed by atoms with van der Waals surface area (Å²) in [7, 11) is -3.82. The number of fused-ring (bicyclic) bond motifs is 1. The SMILES string of the molecule is Cc1cc([N+](=O)[O-])cc(S(=O)(=O)NCCCc2nc3ccccc3s2)c1C. The van der Waals surface area contributed by atoms with E-state index in [0.29, 0.717) is 24.0 Å². The smallest absolute Gasteiger partial charge is 0.258 e. The summed E-state index contributed by atoms with van der Waals surface area (Å²) in [6.07, 6.45) is 1.25. The van der Waals surface area contributed by atoms with Crippen molar-refractivity contribution in [2.75, 3.05) is 6.54 Å². The van der Waals surface area contributed by atoms with Crippen molar-refractivity contribution in [1.82, 2.24) is 9.71 Å². The molecule has 9 heteroatoms. The first-order valence-electron chi connectivity index (χ1n) is 8.37. The van der Waals surface area contributed by atoms with E-state index >= 15 is 0 Å². The van der Waals surface area contributed by atoms with Crippen LogP contribution in [0.25, 0.3) is 10.2 Å². The summed E-state index contributed by atoms with van der Waals surface area (Å²) in [6.45, 7) is 3.54. The van der Waals surface area contributed by atoms with Crippen molar-refractivity contribution in [1.29, 1.82) is 0 Å². The zero-order chi connectivity index (χ0) is 19.6. The van der Waals surface area contributed by atoms with Gasteiger partial charge in [0.2, 0.25) is 10.0 Å². The zero-order valence-corrected chi connectivity index (χ0v) is 16.6. The molecule has 0 unspecified atom stereocenters. The molecular formula is C18H19N3O4S2. The first-order valence-corrected chi connectivity index (χ1v) is 10.7. The number of rotatable bonds is 7. The molecule has 7 nitrogen and oxygen atoms in total. The second-order valence-electron chi connectivity index (χ2n) is 6.22. The van der Waals surface area contributed by atoms with Crippen LogP contribution in [-0.4, -0.2) is 24.9 Å². The van der Waals surface area contributed by atoms with Gasteiger partial charge in [0.25, 0.3) is 5.69 Å². The van der Waals surface area contributed by atoms with Crippen molar-refractivity contribution in [2.45, 2.75) is 31.6 Å². The van der Waals surface area contributed by atoms with Gasteiger partial charge >= 0.3 is 0 Å². The van der Waals surface area contributed by atoms with E-state index in [4.69, 9.17) is 0 Å². The molecule has 1 heterocycles. The molecule has 0 saturated carbocycles. The van der Waals surface area contributed by atoms with Gasteiger partial charge in [-0.1, -0.05) is 12.1 Å². The monoisotopic (exact) mass is 405 g/mol. The summed E-state index contributed by atoms with van der Waals surface area (Å²) in [4.78, 5) is 14.9. The number of aryl methyl sites for hydroxylation is 2. The summed E-state index contributed by atoms with van der Waals surface area (Å²) < 4.78 is 28.8. The second kappa shape index (κ2) is 7.71. The number of para-hydroxylation sites is 1. The van der Waals surface area contributed by atoms with Crippen molar-refractivity contribution >= 4 is 37.3 Å². The number of nitro benzene ring substituents is 1. The predicted octanol–water partition coefficient (Wildman–Crippen LogP) is 3.73. The van der Waals surface area contributed by atoms with Crippen molar-refractivity contribution in [2.24, 2.45) is 0 Å².